The SMILES string of the molecule is C/C=S(\c1ccc(OC)cc1-c1cccc(Cl)c1)N1CCC(F)(C(=O)N[C@@H](C)/C=C\S(C)(=O)=O)CC1. The number of sulfone groups is 1. The van der Waals surface area contributed by atoms with Crippen molar-refractivity contribution in [1.82, 2.24) is 9.62 Å². The molecule has 6 nitrogen and oxygen atoms in total. The highest BCUT2D eigenvalue weighted by molar-refractivity contribution is 8.13. The first kappa shape index (κ1) is 28.4. The third-order valence-electron chi connectivity index (χ3n) is 5.94. The van der Waals surface area contributed by atoms with E-state index in [0.29, 0.717) is 18.1 Å². The van der Waals surface area contributed by atoms with Crippen LogP contribution in [0.4, 0.5) is 4.39 Å². The van der Waals surface area contributed by atoms with Crippen LogP contribution in [0.1, 0.15) is 26.7 Å². The van der Waals surface area contributed by atoms with Crippen LogP contribution in [0, 0.1) is 0 Å². The molecule has 1 heterocycles. The van der Waals surface area contributed by atoms with Crippen LogP contribution in [0.15, 0.2) is 58.8 Å². The number of methoxy groups -OCH3 is 1. The Bertz CT molecular complexity index is 1270. The molecule has 2 aromatic rings. The van der Waals surface area contributed by atoms with Crippen LogP contribution in [-0.2, 0) is 14.6 Å². The standard InChI is InChI=1S/C26H32ClFN2O4S2/c1-5-35(24-10-9-22(34-3)18-23(24)20-7-6-8-21(27)17-20)30-14-12-26(28,13-15-30)25(31)29-19(2)11-16-36(4,32)33/h5-11,16-19H,12-15H2,1-4H3,(H,29,31)/b16-11-/t19-,35?/m0/s1. The van der Waals surface area contributed by atoms with Crippen LogP contribution in [-0.4, -0.2) is 62.2 Å². The molecule has 10 heteroatoms. The van der Waals surface area contributed by atoms with Crippen molar-refractivity contribution in [1.29, 1.82) is 0 Å². The van der Waals surface area contributed by atoms with E-state index in [9.17, 15) is 13.2 Å². The number of halogens is 2. The number of carbonyl (C=O) groups excluding carboxylic acids is 1. The molecule has 0 aromatic heterocycles. The van der Waals surface area contributed by atoms with Gasteiger partial charge in [0.2, 0.25) is 0 Å². The minimum atomic E-state index is -3.32. The average Bonchev–Trinajstić information content (AvgIpc) is 2.84. The maximum absolute atomic E-state index is 15.6. The highest BCUT2D eigenvalue weighted by atomic mass is 35.5. The summed E-state index contributed by atoms with van der Waals surface area (Å²) in [5, 5.41) is 6.33. The molecule has 2 aromatic carbocycles. The number of hydrogen-bond donors (Lipinski definition) is 1. The number of carbonyl (C=O) groups is 1. The minimum Gasteiger partial charge on any atom is -0.497 e. The van der Waals surface area contributed by atoms with Gasteiger partial charge in [-0.2, -0.15) is 0 Å². The van der Waals surface area contributed by atoms with Gasteiger partial charge in [-0.1, -0.05) is 40.5 Å². The first-order valence-corrected chi connectivity index (χ1v) is 15.1. The zero-order valence-corrected chi connectivity index (χ0v) is 23.2. The summed E-state index contributed by atoms with van der Waals surface area (Å²) < 4.78 is 45.9. The fraction of sp³-hybridized carbons (Fsp3) is 0.385. The van der Waals surface area contributed by atoms with Crippen LogP contribution >= 0.6 is 22.3 Å². The topological polar surface area (TPSA) is 75.7 Å². The lowest BCUT2D eigenvalue weighted by Crippen LogP contribution is -2.51. The van der Waals surface area contributed by atoms with Gasteiger partial charge in [-0.3, -0.25) is 9.10 Å². The van der Waals surface area contributed by atoms with Gasteiger partial charge in [0.1, 0.15) is 5.75 Å². The Morgan fingerprint density at radius 2 is 1.94 bits per heavy atom. The van der Waals surface area contributed by atoms with Gasteiger partial charge in [0.05, 0.1) is 7.11 Å². The predicted octanol–water partition coefficient (Wildman–Crippen LogP) is 5.25. The number of hydrogen-bond acceptors (Lipinski definition) is 5. The first-order chi connectivity index (χ1) is 17.0. The average molecular weight is 555 g/mol. The lowest BCUT2D eigenvalue weighted by atomic mass is 9.93. The van der Waals surface area contributed by atoms with E-state index in [-0.39, 0.29) is 12.8 Å². The van der Waals surface area contributed by atoms with E-state index in [0.717, 1.165) is 33.4 Å². The second-order valence-corrected chi connectivity index (χ2v) is 13.2. The number of nitrogens with one attached hydrogen (secondary N) is 1. The molecular formula is C26H32ClFN2O4S2. The number of amides is 1. The molecule has 2 atom stereocenters. The maximum atomic E-state index is 15.6. The zero-order valence-electron chi connectivity index (χ0n) is 20.8. The number of benzene rings is 2. The van der Waals surface area contributed by atoms with Gasteiger partial charge >= 0.3 is 0 Å². The molecule has 1 N–H and O–H groups in total. The van der Waals surface area contributed by atoms with Gasteiger partial charge in [-0.25, -0.2) is 12.8 Å². The Kier molecular flexibility index (Phi) is 9.38. The summed E-state index contributed by atoms with van der Waals surface area (Å²) in [7, 11) is -2.15. The van der Waals surface area contributed by atoms with Crippen molar-refractivity contribution in [2.24, 2.45) is 0 Å². The quantitative estimate of drug-likeness (QED) is 0.451. The van der Waals surface area contributed by atoms with E-state index in [1.165, 1.54) is 6.08 Å². The summed E-state index contributed by atoms with van der Waals surface area (Å²) in [6.07, 6.45) is 2.49. The fourth-order valence-corrected chi connectivity index (χ4v) is 6.75. The van der Waals surface area contributed by atoms with E-state index >= 15 is 4.39 Å². The van der Waals surface area contributed by atoms with Crippen molar-refractivity contribution in [2.45, 2.75) is 43.3 Å². The van der Waals surface area contributed by atoms with E-state index in [4.69, 9.17) is 16.3 Å². The Balaban J connectivity index is 1.79. The molecule has 0 bridgehead atoms. The lowest BCUT2D eigenvalue weighted by molar-refractivity contribution is -0.135. The molecular weight excluding hydrogens is 523 g/mol. The van der Waals surface area contributed by atoms with Crippen LogP contribution in [0.2, 0.25) is 5.02 Å². The van der Waals surface area contributed by atoms with Crippen molar-refractivity contribution < 1.29 is 22.3 Å². The van der Waals surface area contributed by atoms with Gasteiger partial charge in [0, 0.05) is 53.6 Å². The van der Waals surface area contributed by atoms with E-state index in [1.54, 1.807) is 14.0 Å². The van der Waals surface area contributed by atoms with Gasteiger partial charge in [-0.05, 0) is 60.7 Å². The molecule has 1 aliphatic rings. The van der Waals surface area contributed by atoms with Crippen LogP contribution in [0.25, 0.3) is 11.1 Å². The highest BCUT2D eigenvalue weighted by Crippen LogP contribution is 2.43. The number of nitrogens with zero attached hydrogens (tertiary/aromatic N) is 1. The third-order valence-corrected chi connectivity index (χ3v) is 9.01. The van der Waals surface area contributed by atoms with Crippen molar-refractivity contribution in [3.63, 3.8) is 0 Å². The van der Waals surface area contributed by atoms with Crippen molar-refractivity contribution in [3.8, 4) is 16.9 Å². The molecule has 196 valence electrons. The number of ether oxygens (including phenoxy) is 1. The molecule has 0 aliphatic carbocycles. The van der Waals surface area contributed by atoms with Crippen LogP contribution in [0.5, 0.6) is 5.75 Å². The van der Waals surface area contributed by atoms with E-state index in [1.807, 2.05) is 49.4 Å². The largest absolute Gasteiger partial charge is 0.497 e. The second kappa shape index (κ2) is 11.9. The molecule has 1 unspecified atom stereocenters. The maximum Gasteiger partial charge on any atom is 0.258 e. The molecule has 0 radical (unpaired) electrons. The summed E-state index contributed by atoms with van der Waals surface area (Å²) in [4.78, 5) is 13.8. The van der Waals surface area contributed by atoms with Crippen molar-refractivity contribution >= 4 is 43.4 Å². The Morgan fingerprint density at radius 1 is 1.25 bits per heavy atom. The smallest absolute Gasteiger partial charge is 0.258 e. The van der Waals surface area contributed by atoms with E-state index < -0.39 is 38.1 Å². The monoisotopic (exact) mass is 554 g/mol. The summed E-state index contributed by atoms with van der Waals surface area (Å²) in [5.41, 5.74) is -0.0648. The summed E-state index contributed by atoms with van der Waals surface area (Å²) in [6.45, 7) is 4.38. The Labute approximate surface area is 220 Å². The van der Waals surface area contributed by atoms with E-state index in [2.05, 4.69) is 15.0 Å². The third kappa shape index (κ3) is 7.18. The van der Waals surface area contributed by atoms with Crippen molar-refractivity contribution in [2.75, 3.05) is 26.5 Å². The fourth-order valence-electron chi connectivity index (χ4n) is 4.02. The molecule has 0 saturated carbocycles. The first-order valence-electron chi connectivity index (χ1n) is 11.6. The summed E-state index contributed by atoms with van der Waals surface area (Å²) in [5.74, 6) is 0.0164. The normalized spacial score (nSPS) is 18.2. The molecule has 1 fully saturated rings. The van der Waals surface area contributed by atoms with Gasteiger partial charge in [-0.15, -0.1) is 0 Å². The molecule has 0 spiro atoms. The van der Waals surface area contributed by atoms with Gasteiger partial charge in [0.25, 0.3) is 5.91 Å². The van der Waals surface area contributed by atoms with Crippen LogP contribution in [0.3, 0.4) is 0 Å². The van der Waals surface area contributed by atoms with Gasteiger partial charge < -0.3 is 10.1 Å². The molecule has 1 saturated heterocycles. The number of piperidine rings is 1. The lowest BCUT2D eigenvalue weighted by Gasteiger charge is -2.37. The second-order valence-electron chi connectivity index (χ2n) is 8.74. The molecule has 36 heavy (non-hydrogen) atoms. The Morgan fingerprint density at radius 3 is 2.53 bits per heavy atom. The molecule has 1 amide bonds. The summed E-state index contributed by atoms with van der Waals surface area (Å²) >= 11 is 6.26. The molecule has 3 rings (SSSR count). The number of rotatable bonds is 8. The highest BCUT2D eigenvalue weighted by Gasteiger charge is 2.42. The van der Waals surface area contributed by atoms with Crippen LogP contribution < -0.4 is 10.1 Å². The zero-order chi connectivity index (χ0) is 26.5. The van der Waals surface area contributed by atoms with Gasteiger partial charge in [0.15, 0.2) is 15.5 Å². The number of alkyl halides is 1. The Hall–Kier alpha value is -2.20. The van der Waals surface area contributed by atoms with Crippen molar-refractivity contribution in [3.05, 3.63) is 59.0 Å². The minimum absolute atomic E-state index is 0.0430. The predicted molar refractivity (Wildman–Crippen MR) is 147 cm³/mol. The molecule has 1 aliphatic heterocycles. The summed E-state index contributed by atoms with van der Waals surface area (Å²) in [6, 6.07) is 12.9.